The summed E-state index contributed by atoms with van der Waals surface area (Å²) < 4.78 is 0. The van der Waals surface area contributed by atoms with Crippen molar-refractivity contribution in [2.45, 2.75) is 25.3 Å². The molecule has 1 amide bonds. The minimum absolute atomic E-state index is 0.0410. The molecule has 1 saturated carbocycles. The molecule has 2 N–H and O–H groups in total. The third-order valence-electron chi connectivity index (χ3n) is 3.00. The Morgan fingerprint density at radius 1 is 1.56 bits per heavy atom. The average molecular weight is 240 g/mol. The van der Waals surface area contributed by atoms with Crippen molar-refractivity contribution in [2.75, 3.05) is 12.8 Å². The molecule has 86 valence electrons. The van der Waals surface area contributed by atoms with E-state index in [4.69, 9.17) is 17.3 Å². The van der Waals surface area contributed by atoms with Gasteiger partial charge in [-0.2, -0.15) is 0 Å². The van der Waals surface area contributed by atoms with Crippen LogP contribution in [0.25, 0.3) is 0 Å². The van der Waals surface area contributed by atoms with Gasteiger partial charge in [0.2, 0.25) is 0 Å². The van der Waals surface area contributed by atoms with Crippen LogP contribution in [0.3, 0.4) is 0 Å². The van der Waals surface area contributed by atoms with Crippen LogP contribution in [0, 0.1) is 0 Å². The highest BCUT2D eigenvalue weighted by Gasteiger charge is 2.26. The number of carbonyl (C=O) groups excluding carboxylic acids is 1. The summed E-state index contributed by atoms with van der Waals surface area (Å²) in [7, 11) is 1.82. The Labute approximate surface area is 99.4 Å². The maximum absolute atomic E-state index is 12.1. The second-order valence-electron chi connectivity index (χ2n) is 4.10. The van der Waals surface area contributed by atoms with Crippen molar-refractivity contribution in [3.05, 3.63) is 22.8 Å². The number of hydrogen-bond donors (Lipinski definition) is 1. The lowest BCUT2D eigenvalue weighted by molar-refractivity contribution is 0.0652. The monoisotopic (exact) mass is 239 g/mol. The molecular weight excluding hydrogens is 226 g/mol. The van der Waals surface area contributed by atoms with Gasteiger partial charge in [-0.15, -0.1) is 0 Å². The lowest BCUT2D eigenvalue weighted by Crippen LogP contribution is -2.41. The number of rotatable bonds is 2. The minimum atomic E-state index is -0.0410. The van der Waals surface area contributed by atoms with Crippen LogP contribution in [0.4, 0.5) is 5.82 Å². The van der Waals surface area contributed by atoms with E-state index in [-0.39, 0.29) is 16.9 Å². The summed E-state index contributed by atoms with van der Waals surface area (Å²) in [5.41, 5.74) is 6.06. The molecular formula is C11H14ClN3O. The number of anilines is 1. The molecule has 1 aliphatic rings. The van der Waals surface area contributed by atoms with Gasteiger partial charge >= 0.3 is 0 Å². The molecule has 5 heteroatoms. The molecule has 0 radical (unpaired) electrons. The van der Waals surface area contributed by atoms with Crippen LogP contribution < -0.4 is 5.73 Å². The maximum Gasteiger partial charge on any atom is 0.254 e. The summed E-state index contributed by atoms with van der Waals surface area (Å²) >= 11 is 5.76. The summed E-state index contributed by atoms with van der Waals surface area (Å²) in [5, 5.41) is 0.255. The highest BCUT2D eigenvalue weighted by Crippen LogP contribution is 2.25. The predicted octanol–water partition coefficient (Wildman–Crippen LogP) is 1.94. The zero-order chi connectivity index (χ0) is 11.7. The number of pyridine rings is 1. The van der Waals surface area contributed by atoms with Crippen molar-refractivity contribution in [3.63, 3.8) is 0 Å². The van der Waals surface area contributed by atoms with E-state index in [9.17, 15) is 4.79 Å². The zero-order valence-electron chi connectivity index (χ0n) is 9.11. The number of halogens is 1. The highest BCUT2D eigenvalue weighted by atomic mass is 35.5. The third-order valence-corrected chi connectivity index (χ3v) is 3.20. The van der Waals surface area contributed by atoms with Gasteiger partial charge in [0.05, 0.1) is 0 Å². The number of nitrogen functional groups attached to an aromatic ring is 1. The van der Waals surface area contributed by atoms with Crippen LogP contribution >= 0.6 is 11.6 Å². The maximum atomic E-state index is 12.1. The highest BCUT2D eigenvalue weighted by molar-refractivity contribution is 6.29. The fourth-order valence-corrected chi connectivity index (χ4v) is 2.00. The van der Waals surface area contributed by atoms with Crippen molar-refractivity contribution in [1.29, 1.82) is 0 Å². The van der Waals surface area contributed by atoms with Crippen molar-refractivity contribution < 1.29 is 4.79 Å². The van der Waals surface area contributed by atoms with Gasteiger partial charge in [-0.05, 0) is 31.4 Å². The molecule has 0 atom stereocenters. The Morgan fingerprint density at radius 3 is 2.75 bits per heavy atom. The van der Waals surface area contributed by atoms with Gasteiger partial charge in [-0.25, -0.2) is 4.98 Å². The molecule has 4 nitrogen and oxygen atoms in total. The van der Waals surface area contributed by atoms with Crippen molar-refractivity contribution >= 4 is 23.3 Å². The molecule has 0 saturated heterocycles. The van der Waals surface area contributed by atoms with Gasteiger partial charge in [0.15, 0.2) is 0 Å². The first-order valence-electron chi connectivity index (χ1n) is 5.28. The quantitative estimate of drug-likeness (QED) is 0.803. The summed E-state index contributed by atoms with van der Waals surface area (Å²) in [6.45, 7) is 0. The summed E-state index contributed by atoms with van der Waals surface area (Å²) in [4.78, 5) is 17.7. The van der Waals surface area contributed by atoms with E-state index in [1.54, 1.807) is 17.0 Å². The van der Waals surface area contributed by atoms with E-state index in [2.05, 4.69) is 4.98 Å². The molecule has 1 aliphatic carbocycles. The van der Waals surface area contributed by atoms with Crippen LogP contribution in [-0.4, -0.2) is 28.9 Å². The van der Waals surface area contributed by atoms with Crippen LogP contribution in [0.5, 0.6) is 0 Å². The number of carbonyl (C=O) groups is 1. The topological polar surface area (TPSA) is 59.2 Å². The summed E-state index contributed by atoms with van der Waals surface area (Å²) in [6.07, 6.45) is 3.36. The van der Waals surface area contributed by atoms with Crippen LogP contribution in [0.1, 0.15) is 29.6 Å². The summed E-state index contributed by atoms with van der Waals surface area (Å²) in [6, 6.07) is 3.47. The normalized spacial score (nSPS) is 15.6. The van der Waals surface area contributed by atoms with E-state index < -0.39 is 0 Å². The SMILES string of the molecule is CN(C(=O)c1cc(N)nc(Cl)c1)C1CCC1. The number of amides is 1. The Hall–Kier alpha value is -1.29. The molecule has 2 rings (SSSR count). The zero-order valence-corrected chi connectivity index (χ0v) is 9.87. The van der Waals surface area contributed by atoms with Crippen molar-refractivity contribution in [2.24, 2.45) is 0 Å². The third kappa shape index (κ3) is 2.11. The van der Waals surface area contributed by atoms with Gasteiger partial charge in [0, 0.05) is 18.7 Å². The largest absolute Gasteiger partial charge is 0.384 e. The van der Waals surface area contributed by atoms with E-state index in [1.807, 2.05) is 7.05 Å². The van der Waals surface area contributed by atoms with Crippen LogP contribution in [0.2, 0.25) is 5.15 Å². The summed E-state index contributed by atoms with van der Waals surface area (Å²) in [5.74, 6) is 0.235. The van der Waals surface area contributed by atoms with Crippen molar-refractivity contribution in [1.82, 2.24) is 9.88 Å². The van der Waals surface area contributed by atoms with Gasteiger partial charge in [-0.3, -0.25) is 4.79 Å². The Kier molecular flexibility index (Phi) is 3.01. The Balaban J connectivity index is 2.19. The fraction of sp³-hybridized carbons (Fsp3) is 0.455. The molecule has 0 aromatic carbocycles. The van der Waals surface area contributed by atoms with Gasteiger partial charge in [-0.1, -0.05) is 11.6 Å². The van der Waals surface area contributed by atoms with E-state index in [0.717, 1.165) is 12.8 Å². The molecule has 1 aromatic rings. The second-order valence-corrected chi connectivity index (χ2v) is 4.49. The first-order chi connectivity index (χ1) is 7.58. The molecule has 16 heavy (non-hydrogen) atoms. The van der Waals surface area contributed by atoms with Gasteiger partial charge in [0.25, 0.3) is 5.91 Å². The first kappa shape index (κ1) is 11.2. The minimum Gasteiger partial charge on any atom is -0.384 e. The van der Waals surface area contributed by atoms with Gasteiger partial charge in [0.1, 0.15) is 11.0 Å². The molecule has 1 heterocycles. The molecule has 1 fully saturated rings. The number of hydrogen-bond acceptors (Lipinski definition) is 3. The molecule has 0 bridgehead atoms. The van der Waals surface area contributed by atoms with E-state index in [0.29, 0.717) is 11.6 Å². The molecule has 0 spiro atoms. The molecule has 0 aliphatic heterocycles. The van der Waals surface area contributed by atoms with Crippen molar-refractivity contribution in [3.8, 4) is 0 Å². The molecule has 1 aromatic heterocycles. The first-order valence-corrected chi connectivity index (χ1v) is 5.66. The number of nitrogens with zero attached hydrogens (tertiary/aromatic N) is 2. The molecule has 0 unspecified atom stereocenters. The fourth-order valence-electron chi connectivity index (χ4n) is 1.78. The lowest BCUT2D eigenvalue weighted by Gasteiger charge is -2.34. The Morgan fingerprint density at radius 2 is 2.25 bits per heavy atom. The predicted molar refractivity (Wildman–Crippen MR) is 63.4 cm³/mol. The van der Waals surface area contributed by atoms with Gasteiger partial charge < -0.3 is 10.6 Å². The van der Waals surface area contributed by atoms with E-state index >= 15 is 0 Å². The standard InChI is InChI=1S/C11H14ClN3O/c1-15(8-3-2-4-8)11(16)7-5-9(12)14-10(13)6-7/h5-6,8H,2-4H2,1H3,(H2,13,14). The smallest absolute Gasteiger partial charge is 0.254 e. The number of aromatic nitrogens is 1. The average Bonchev–Trinajstić information content (AvgIpc) is 2.12. The number of nitrogens with two attached hydrogens (primary N) is 1. The van der Waals surface area contributed by atoms with E-state index in [1.165, 1.54) is 6.42 Å². The lowest BCUT2D eigenvalue weighted by atomic mass is 9.91. The van der Waals surface area contributed by atoms with Crippen LogP contribution in [0.15, 0.2) is 12.1 Å². The Bertz CT molecular complexity index is 397. The van der Waals surface area contributed by atoms with Crippen LogP contribution in [-0.2, 0) is 0 Å². The second kappa shape index (κ2) is 4.29.